The van der Waals surface area contributed by atoms with E-state index in [-0.39, 0.29) is 0 Å². The van der Waals surface area contributed by atoms with Crippen molar-refractivity contribution in [2.45, 2.75) is 5.41 Å². The largest absolute Gasteiger partial charge is 0.310 e. The topological polar surface area (TPSA) is 8.17 Å². The van der Waals surface area contributed by atoms with E-state index in [4.69, 9.17) is 0 Å². The van der Waals surface area contributed by atoms with Gasteiger partial charge in [-0.1, -0.05) is 201 Å². The summed E-state index contributed by atoms with van der Waals surface area (Å²) < 4.78 is 2.40. The molecule has 1 unspecified atom stereocenters. The minimum atomic E-state index is -0.544. The SMILES string of the molecule is C=Cc1cccc(-c2ccc3c(c2)C2(c4ccccc4-3)c3ccccc3-c3ccc(N(c4ccc(-c5ccccc5)cc4)c4cccc(-c5ccc6c7ccccc7n(-c7ccccc7)c6c5)c4)cc32)c1. The summed E-state index contributed by atoms with van der Waals surface area (Å²) in [5.74, 6) is 0. The van der Waals surface area contributed by atoms with Crippen LogP contribution in [0.25, 0.3) is 89.2 Å². The number of aromatic nitrogens is 1. The number of nitrogens with zero attached hydrogens (tertiary/aromatic N) is 2. The van der Waals surface area contributed by atoms with E-state index in [1.165, 1.54) is 88.6 Å². The van der Waals surface area contributed by atoms with Crippen molar-refractivity contribution in [1.82, 2.24) is 4.57 Å². The van der Waals surface area contributed by atoms with E-state index in [2.05, 4.69) is 277 Å². The Kier molecular flexibility index (Phi) is 9.30. The van der Waals surface area contributed by atoms with E-state index in [9.17, 15) is 0 Å². The fourth-order valence-electron chi connectivity index (χ4n) is 12.0. The Balaban J connectivity index is 0.974. The van der Waals surface area contributed by atoms with Gasteiger partial charge < -0.3 is 9.47 Å². The van der Waals surface area contributed by atoms with Crippen molar-refractivity contribution >= 4 is 44.9 Å². The van der Waals surface area contributed by atoms with Gasteiger partial charge >= 0.3 is 0 Å². The highest BCUT2D eigenvalue weighted by Crippen LogP contribution is 2.64. The van der Waals surface area contributed by atoms with E-state index in [1.807, 2.05) is 6.08 Å². The summed E-state index contributed by atoms with van der Waals surface area (Å²) in [5, 5.41) is 2.49. The number of para-hydroxylation sites is 2. The first kappa shape index (κ1) is 40.8. The van der Waals surface area contributed by atoms with Crippen LogP contribution in [-0.2, 0) is 5.41 Å². The minimum absolute atomic E-state index is 0.544. The Bertz CT molecular complexity index is 4050. The van der Waals surface area contributed by atoms with Gasteiger partial charge in [-0.25, -0.2) is 0 Å². The van der Waals surface area contributed by atoms with Gasteiger partial charge in [0.05, 0.1) is 16.4 Å². The number of benzene rings is 11. The molecule has 1 spiro atoms. The standard InChI is InChI=1S/C69H46N2/c1-2-46-17-15-20-49(41-46)51-33-38-59-57-25-9-12-28-63(57)69(65(59)43-51)64-29-13-10-26-58(64)60-40-37-56(45-66(60)69)70(54-35-31-48(32-36-54)47-18-5-3-6-19-47)55-24-16-21-50(42-55)52-34-39-62-61-27-11-14-30-67(61)71(68(62)44-52)53-22-7-4-8-23-53/h2-45H,1H2. The molecule has 0 amide bonds. The average Bonchev–Trinajstić information content (AvgIpc) is 4.05. The fraction of sp³-hybridized carbons (Fsp3) is 0.0145. The first-order valence-corrected chi connectivity index (χ1v) is 24.5. The van der Waals surface area contributed by atoms with Gasteiger partial charge in [-0.2, -0.15) is 0 Å². The Morgan fingerprint density at radius 3 is 1.59 bits per heavy atom. The van der Waals surface area contributed by atoms with E-state index in [1.54, 1.807) is 0 Å². The van der Waals surface area contributed by atoms with E-state index in [0.29, 0.717) is 0 Å². The van der Waals surface area contributed by atoms with Crippen LogP contribution in [0.3, 0.4) is 0 Å². The molecule has 71 heavy (non-hydrogen) atoms. The molecule has 14 rings (SSSR count). The molecule has 11 aromatic carbocycles. The molecule has 2 aliphatic rings. The average molecular weight is 903 g/mol. The maximum atomic E-state index is 4.09. The summed E-state index contributed by atoms with van der Waals surface area (Å²) in [6, 6.07) is 96.4. The molecular formula is C69H46N2. The molecule has 12 aromatic rings. The van der Waals surface area contributed by atoms with Crippen LogP contribution < -0.4 is 4.90 Å². The number of rotatable bonds is 8. The predicted molar refractivity (Wildman–Crippen MR) is 298 cm³/mol. The van der Waals surface area contributed by atoms with Crippen LogP contribution in [0.4, 0.5) is 17.1 Å². The van der Waals surface area contributed by atoms with Crippen LogP contribution in [-0.4, -0.2) is 4.57 Å². The zero-order chi connectivity index (χ0) is 47.0. The molecule has 0 saturated heterocycles. The summed E-state index contributed by atoms with van der Waals surface area (Å²) in [6.07, 6.45) is 1.93. The molecule has 1 atom stereocenters. The van der Waals surface area contributed by atoms with E-state index in [0.717, 1.165) is 39.4 Å². The summed E-state index contributed by atoms with van der Waals surface area (Å²) in [5.41, 5.74) is 24.8. The first-order valence-electron chi connectivity index (χ1n) is 24.5. The lowest BCUT2D eigenvalue weighted by Crippen LogP contribution is -2.26. The van der Waals surface area contributed by atoms with Gasteiger partial charge in [-0.15, -0.1) is 0 Å². The maximum Gasteiger partial charge on any atom is 0.0726 e. The Labute approximate surface area is 414 Å². The van der Waals surface area contributed by atoms with Crippen molar-refractivity contribution in [3.63, 3.8) is 0 Å². The van der Waals surface area contributed by atoms with Gasteiger partial charge in [0.25, 0.3) is 0 Å². The fourth-order valence-corrected chi connectivity index (χ4v) is 12.0. The number of hydrogen-bond acceptors (Lipinski definition) is 1. The molecule has 0 fully saturated rings. The lowest BCUT2D eigenvalue weighted by atomic mass is 9.70. The van der Waals surface area contributed by atoms with Crippen molar-refractivity contribution in [3.05, 3.63) is 295 Å². The minimum Gasteiger partial charge on any atom is -0.310 e. The van der Waals surface area contributed by atoms with Gasteiger partial charge in [0.15, 0.2) is 0 Å². The quantitative estimate of drug-likeness (QED) is 0.147. The Morgan fingerprint density at radius 2 is 0.831 bits per heavy atom. The van der Waals surface area contributed by atoms with Crippen LogP contribution in [0.2, 0.25) is 0 Å². The lowest BCUT2D eigenvalue weighted by Gasteiger charge is -2.32. The molecule has 0 radical (unpaired) electrons. The van der Waals surface area contributed by atoms with E-state index < -0.39 is 5.41 Å². The van der Waals surface area contributed by atoms with Crippen LogP contribution >= 0.6 is 0 Å². The zero-order valence-electron chi connectivity index (χ0n) is 39.0. The van der Waals surface area contributed by atoms with Crippen LogP contribution in [0.1, 0.15) is 27.8 Å². The predicted octanol–water partition coefficient (Wildman–Crippen LogP) is 18.2. The zero-order valence-corrected chi connectivity index (χ0v) is 39.0. The second kappa shape index (κ2) is 16.2. The molecule has 0 N–H and O–H groups in total. The summed E-state index contributed by atoms with van der Waals surface area (Å²) >= 11 is 0. The van der Waals surface area contributed by atoms with Gasteiger partial charge in [-0.3, -0.25) is 0 Å². The highest BCUT2D eigenvalue weighted by atomic mass is 15.1. The van der Waals surface area contributed by atoms with Crippen LogP contribution in [0.5, 0.6) is 0 Å². The highest BCUT2D eigenvalue weighted by molar-refractivity contribution is 6.10. The van der Waals surface area contributed by atoms with Gasteiger partial charge in [0.2, 0.25) is 0 Å². The highest BCUT2D eigenvalue weighted by Gasteiger charge is 2.52. The van der Waals surface area contributed by atoms with Gasteiger partial charge in [-0.05, 0) is 156 Å². The smallest absolute Gasteiger partial charge is 0.0726 e. The summed E-state index contributed by atoms with van der Waals surface area (Å²) in [4.78, 5) is 2.45. The normalized spacial score (nSPS) is 14.0. The molecule has 332 valence electrons. The van der Waals surface area contributed by atoms with Gasteiger partial charge in [0, 0.05) is 33.5 Å². The molecule has 0 bridgehead atoms. The van der Waals surface area contributed by atoms with Crippen molar-refractivity contribution in [2.75, 3.05) is 4.90 Å². The molecule has 1 aromatic heterocycles. The molecule has 0 saturated carbocycles. The monoisotopic (exact) mass is 902 g/mol. The molecular weight excluding hydrogens is 857 g/mol. The van der Waals surface area contributed by atoms with Crippen molar-refractivity contribution < 1.29 is 0 Å². The number of anilines is 3. The van der Waals surface area contributed by atoms with Crippen molar-refractivity contribution in [2.24, 2.45) is 0 Å². The molecule has 1 heterocycles. The van der Waals surface area contributed by atoms with Crippen molar-refractivity contribution in [1.29, 1.82) is 0 Å². The number of hydrogen-bond donors (Lipinski definition) is 0. The second-order valence-electron chi connectivity index (χ2n) is 18.9. The third-order valence-electron chi connectivity index (χ3n) is 15.1. The molecule has 2 aliphatic carbocycles. The number of fused-ring (bicyclic) bond motifs is 13. The Morgan fingerprint density at radius 1 is 0.324 bits per heavy atom. The van der Waals surface area contributed by atoms with Crippen LogP contribution in [0.15, 0.2) is 267 Å². The van der Waals surface area contributed by atoms with Crippen molar-refractivity contribution in [3.8, 4) is 61.3 Å². The molecule has 0 aliphatic heterocycles. The third-order valence-corrected chi connectivity index (χ3v) is 15.1. The summed E-state index contributed by atoms with van der Waals surface area (Å²) in [7, 11) is 0. The second-order valence-corrected chi connectivity index (χ2v) is 18.9. The first-order chi connectivity index (χ1) is 35.2. The maximum absolute atomic E-state index is 4.09. The Hall–Kier alpha value is -9.24. The lowest BCUT2D eigenvalue weighted by molar-refractivity contribution is 0.794. The third kappa shape index (κ3) is 6.28. The summed E-state index contributed by atoms with van der Waals surface area (Å²) in [6.45, 7) is 4.09. The van der Waals surface area contributed by atoms with Gasteiger partial charge in [0.1, 0.15) is 0 Å². The van der Waals surface area contributed by atoms with Crippen LogP contribution in [0, 0.1) is 0 Å². The molecule has 2 nitrogen and oxygen atoms in total. The molecule has 2 heteroatoms. The van der Waals surface area contributed by atoms with E-state index >= 15 is 0 Å².